The maximum absolute atomic E-state index is 13.9. The first-order valence-electron chi connectivity index (χ1n) is 10.7. The SMILES string of the molecule is COc1ccc(OC)c(CN2CCN(C(=O)c3nnn(-c4ccc(F)cc4)c3C(F)(F)F)CC2)c1. The number of halogens is 4. The summed E-state index contributed by atoms with van der Waals surface area (Å²) in [6.45, 7) is 1.84. The number of carbonyl (C=O) groups excluding carboxylic acids is 1. The van der Waals surface area contributed by atoms with Gasteiger partial charge in [0.15, 0.2) is 11.4 Å². The summed E-state index contributed by atoms with van der Waals surface area (Å²) in [6, 6.07) is 9.75. The van der Waals surface area contributed by atoms with Crippen LogP contribution in [0.2, 0.25) is 0 Å². The van der Waals surface area contributed by atoms with Crippen molar-refractivity contribution in [3.63, 3.8) is 0 Å². The number of piperazine rings is 1. The van der Waals surface area contributed by atoms with Crippen LogP contribution in [0.5, 0.6) is 11.5 Å². The average Bonchev–Trinajstić information content (AvgIpc) is 3.30. The fraction of sp³-hybridized carbons (Fsp3) is 0.348. The van der Waals surface area contributed by atoms with E-state index in [0.717, 1.165) is 29.8 Å². The van der Waals surface area contributed by atoms with Crippen LogP contribution in [0.25, 0.3) is 5.69 Å². The smallest absolute Gasteiger partial charge is 0.435 e. The first-order chi connectivity index (χ1) is 16.7. The summed E-state index contributed by atoms with van der Waals surface area (Å²) in [4.78, 5) is 16.4. The maximum Gasteiger partial charge on any atom is 0.435 e. The summed E-state index contributed by atoms with van der Waals surface area (Å²) in [5.74, 6) is -0.0949. The van der Waals surface area contributed by atoms with Crippen molar-refractivity contribution < 1.29 is 31.8 Å². The fourth-order valence-corrected chi connectivity index (χ4v) is 3.95. The molecule has 4 rings (SSSR count). The Labute approximate surface area is 198 Å². The van der Waals surface area contributed by atoms with Crippen LogP contribution in [-0.4, -0.2) is 71.1 Å². The van der Waals surface area contributed by atoms with Gasteiger partial charge in [0, 0.05) is 38.3 Å². The van der Waals surface area contributed by atoms with Gasteiger partial charge in [-0.1, -0.05) is 5.21 Å². The molecule has 2 heterocycles. The highest BCUT2D eigenvalue weighted by Gasteiger charge is 2.43. The van der Waals surface area contributed by atoms with Crippen molar-refractivity contribution in [2.45, 2.75) is 12.7 Å². The van der Waals surface area contributed by atoms with Crippen LogP contribution in [0.1, 0.15) is 21.7 Å². The molecule has 12 heteroatoms. The number of carbonyl (C=O) groups is 1. The summed E-state index contributed by atoms with van der Waals surface area (Å²) < 4.78 is 66.1. The summed E-state index contributed by atoms with van der Waals surface area (Å²) in [7, 11) is 3.14. The standard InChI is InChI=1S/C23H23F4N5O3/c1-34-18-7-8-19(35-2)15(13-18)14-30-9-11-31(12-10-30)22(33)20-21(23(25,26)27)32(29-28-20)17-5-3-16(24)4-6-17/h3-8,13H,9-12,14H2,1-2H3. The number of aromatic nitrogens is 3. The largest absolute Gasteiger partial charge is 0.497 e. The van der Waals surface area contributed by atoms with Gasteiger partial charge in [-0.3, -0.25) is 9.69 Å². The van der Waals surface area contributed by atoms with Gasteiger partial charge < -0.3 is 14.4 Å². The van der Waals surface area contributed by atoms with E-state index < -0.39 is 29.3 Å². The van der Waals surface area contributed by atoms with Crippen LogP contribution < -0.4 is 9.47 Å². The Balaban J connectivity index is 1.50. The molecule has 0 saturated carbocycles. The van der Waals surface area contributed by atoms with Gasteiger partial charge in [0.1, 0.15) is 17.3 Å². The van der Waals surface area contributed by atoms with Crippen molar-refractivity contribution in [2.24, 2.45) is 0 Å². The third-order valence-electron chi connectivity index (χ3n) is 5.75. The first kappa shape index (κ1) is 24.5. The molecule has 0 atom stereocenters. The van der Waals surface area contributed by atoms with Gasteiger partial charge in [-0.2, -0.15) is 13.2 Å². The second-order valence-corrected chi connectivity index (χ2v) is 7.92. The second kappa shape index (κ2) is 9.90. The minimum Gasteiger partial charge on any atom is -0.497 e. The van der Waals surface area contributed by atoms with Crippen molar-refractivity contribution in [2.75, 3.05) is 40.4 Å². The molecule has 1 amide bonds. The molecule has 0 aliphatic carbocycles. The van der Waals surface area contributed by atoms with Crippen LogP contribution in [-0.2, 0) is 12.7 Å². The molecular weight excluding hydrogens is 470 g/mol. The summed E-state index contributed by atoms with van der Waals surface area (Å²) in [5, 5.41) is 7.09. The van der Waals surface area contributed by atoms with Crippen LogP contribution in [0.15, 0.2) is 42.5 Å². The fourth-order valence-electron chi connectivity index (χ4n) is 3.95. The van der Waals surface area contributed by atoms with E-state index in [-0.39, 0.29) is 18.8 Å². The van der Waals surface area contributed by atoms with Crippen LogP contribution >= 0.6 is 0 Å². The van der Waals surface area contributed by atoms with E-state index in [0.29, 0.717) is 35.8 Å². The van der Waals surface area contributed by atoms with E-state index in [9.17, 15) is 22.4 Å². The molecular formula is C23H23F4N5O3. The Morgan fingerprint density at radius 1 is 1.00 bits per heavy atom. The number of amides is 1. The molecule has 1 aromatic heterocycles. The van der Waals surface area contributed by atoms with Crippen LogP contribution in [0, 0.1) is 5.82 Å². The lowest BCUT2D eigenvalue weighted by Gasteiger charge is -2.34. The Morgan fingerprint density at radius 3 is 2.29 bits per heavy atom. The second-order valence-electron chi connectivity index (χ2n) is 7.92. The monoisotopic (exact) mass is 493 g/mol. The predicted octanol–water partition coefficient (Wildman–Crippen LogP) is 3.40. The molecule has 2 aromatic carbocycles. The molecule has 0 radical (unpaired) electrons. The Hall–Kier alpha value is -3.67. The number of alkyl halides is 3. The quantitative estimate of drug-likeness (QED) is 0.491. The van der Waals surface area contributed by atoms with Crippen LogP contribution in [0.4, 0.5) is 17.6 Å². The summed E-state index contributed by atoms with van der Waals surface area (Å²) in [5.41, 5.74) is -1.24. The van der Waals surface area contributed by atoms with Gasteiger partial charge in [-0.25, -0.2) is 9.07 Å². The lowest BCUT2D eigenvalue weighted by molar-refractivity contribution is -0.143. The molecule has 1 fully saturated rings. The molecule has 1 saturated heterocycles. The molecule has 8 nitrogen and oxygen atoms in total. The number of nitrogens with zero attached hydrogens (tertiary/aromatic N) is 5. The van der Waals surface area contributed by atoms with E-state index in [1.165, 1.54) is 4.90 Å². The Morgan fingerprint density at radius 2 is 1.69 bits per heavy atom. The van der Waals surface area contributed by atoms with Gasteiger partial charge in [-0.05, 0) is 42.5 Å². The van der Waals surface area contributed by atoms with E-state index >= 15 is 0 Å². The maximum atomic E-state index is 13.9. The lowest BCUT2D eigenvalue weighted by atomic mass is 10.1. The molecule has 1 aliphatic heterocycles. The number of hydrogen-bond donors (Lipinski definition) is 0. The lowest BCUT2D eigenvalue weighted by Crippen LogP contribution is -2.48. The molecule has 35 heavy (non-hydrogen) atoms. The van der Waals surface area contributed by atoms with E-state index in [4.69, 9.17) is 9.47 Å². The Bertz CT molecular complexity index is 1190. The molecule has 186 valence electrons. The van der Waals surface area contributed by atoms with Gasteiger partial charge >= 0.3 is 6.18 Å². The number of ether oxygens (including phenoxy) is 2. The predicted molar refractivity (Wildman–Crippen MR) is 117 cm³/mol. The highest BCUT2D eigenvalue weighted by atomic mass is 19.4. The third kappa shape index (κ3) is 5.21. The number of methoxy groups -OCH3 is 2. The molecule has 1 aliphatic rings. The normalized spacial score (nSPS) is 14.7. The van der Waals surface area contributed by atoms with Gasteiger partial charge in [0.05, 0.1) is 19.9 Å². The van der Waals surface area contributed by atoms with Crippen molar-refractivity contribution in [1.82, 2.24) is 24.8 Å². The van der Waals surface area contributed by atoms with Crippen molar-refractivity contribution >= 4 is 5.91 Å². The number of benzene rings is 2. The van der Waals surface area contributed by atoms with Crippen molar-refractivity contribution in [3.8, 4) is 17.2 Å². The zero-order valence-corrected chi connectivity index (χ0v) is 19.0. The van der Waals surface area contributed by atoms with Crippen molar-refractivity contribution in [1.29, 1.82) is 0 Å². The Kier molecular flexibility index (Phi) is 6.92. The van der Waals surface area contributed by atoms with Gasteiger partial charge in [-0.15, -0.1) is 5.10 Å². The summed E-state index contributed by atoms with van der Waals surface area (Å²) in [6.07, 6.45) is -4.90. The van der Waals surface area contributed by atoms with Gasteiger partial charge in [0.2, 0.25) is 0 Å². The zero-order chi connectivity index (χ0) is 25.2. The zero-order valence-electron chi connectivity index (χ0n) is 19.0. The minimum absolute atomic E-state index is 0.0534. The first-order valence-corrected chi connectivity index (χ1v) is 10.7. The van der Waals surface area contributed by atoms with E-state index in [2.05, 4.69) is 15.2 Å². The molecule has 0 N–H and O–H groups in total. The molecule has 0 unspecified atom stereocenters. The van der Waals surface area contributed by atoms with Crippen molar-refractivity contribution in [3.05, 3.63) is 65.2 Å². The van der Waals surface area contributed by atoms with E-state index in [1.807, 2.05) is 6.07 Å². The topological polar surface area (TPSA) is 72.7 Å². The number of hydrogen-bond acceptors (Lipinski definition) is 6. The number of rotatable bonds is 6. The molecule has 0 spiro atoms. The average molecular weight is 493 g/mol. The van der Waals surface area contributed by atoms with E-state index in [1.54, 1.807) is 26.4 Å². The summed E-state index contributed by atoms with van der Waals surface area (Å²) >= 11 is 0. The third-order valence-corrected chi connectivity index (χ3v) is 5.75. The minimum atomic E-state index is -4.90. The van der Waals surface area contributed by atoms with Gasteiger partial charge in [0.25, 0.3) is 5.91 Å². The highest BCUT2D eigenvalue weighted by Crippen LogP contribution is 2.33. The van der Waals surface area contributed by atoms with Crippen LogP contribution in [0.3, 0.4) is 0 Å². The molecule has 0 bridgehead atoms. The highest BCUT2D eigenvalue weighted by molar-refractivity contribution is 5.93. The molecule has 3 aromatic rings.